The molecule has 0 fully saturated rings. The van der Waals surface area contributed by atoms with E-state index in [1.165, 1.54) is 29.2 Å². The molecule has 0 unspecified atom stereocenters. The molecule has 0 spiro atoms. The van der Waals surface area contributed by atoms with Gasteiger partial charge in [-0.25, -0.2) is 4.79 Å². The van der Waals surface area contributed by atoms with Gasteiger partial charge in [0.15, 0.2) is 0 Å². The molecule has 1 amide bonds. The number of rotatable bonds is 14. The van der Waals surface area contributed by atoms with Crippen molar-refractivity contribution in [3.8, 4) is 0 Å². The molecule has 0 aliphatic carbocycles. The van der Waals surface area contributed by atoms with Crippen LogP contribution >= 0.6 is 0 Å². The second-order valence-electron chi connectivity index (χ2n) is 13.7. The van der Waals surface area contributed by atoms with E-state index in [4.69, 9.17) is 20.9 Å². The van der Waals surface area contributed by atoms with Gasteiger partial charge in [0.2, 0.25) is 11.8 Å². The highest BCUT2D eigenvalue weighted by Crippen LogP contribution is 2.35. The molecule has 3 rings (SSSR count). The van der Waals surface area contributed by atoms with Crippen molar-refractivity contribution in [3.63, 3.8) is 0 Å². The molecule has 0 aliphatic rings. The normalized spacial score (nSPS) is 12.1. The van der Waals surface area contributed by atoms with Crippen LogP contribution in [0.5, 0.6) is 0 Å². The van der Waals surface area contributed by atoms with Gasteiger partial charge in [-0.1, -0.05) is 12.1 Å². The van der Waals surface area contributed by atoms with E-state index in [0.717, 1.165) is 0 Å². The number of nitro benzene ring substituents is 2. The third kappa shape index (κ3) is 11.5. The molecule has 0 aliphatic heterocycles. The minimum absolute atomic E-state index is 0.0116. The van der Waals surface area contributed by atoms with E-state index in [1.807, 2.05) is 0 Å². The average Bonchev–Trinajstić information content (AvgIpc) is 3.00. The van der Waals surface area contributed by atoms with Gasteiger partial charge in [0, 0.05) is 31.1 Å². The summed E-state index contributed by atoms with van der Waals surface area (Å²) in [5.41, 5.74) is 7.41. The highest BCUT2D eigenvalue weighted by atomic mass is 19.1. The number of esters is 2. The van der Waals surface area contributed by atoms with Crippen LogP contribution in [0.1, 0.15) is 75.9 Å². The SMILES string of the molecule is CC(C)(C)OC(=O)CC[C@H](NC(=O)c1ccc(CN(CCc2c(N)nc(N)[nH]c2=O)c2cc(F)c([N+](=O)[O-])cc2[N+](=O)[O-])cc1)C(=O)OC(C)(C)C. The van der Waals surface area contributed by atoms with E-state index in [2.05, 4.69) is 15.3 Å². The number of benzene rings is 2. The number of H-pyrrole nitrogens is 1. The summed E-state index contributed by atoms with van der Waals surface area (Å²) in [5, 5.41) is 25.9. The molecule has 0 radical (unpaired) electrons. The van der Waals surface area contributed by atoms with Gasteiger partial charge in [-0.05, 0) is 72.1 Å². The van der Waals surface area contributed by atoms with Crippen LogP contribution in [0.25, 0.3) is 0 Å². The summed E-state index contributed by atoms with van der Waals surface area (Å²) >= 11 is 0. The molecule has 1 atom stereocenters. The second-order valence-corrected chi connectivity index (χ2v) is 13.7. The molecule has 1 heterocycles. The smallest absolute Gasteiger partial charge is 0.329 e. The monoisotopic (exact) mass is 728 g/mol. The average molecular weight is 729 g/mol. The van der Waals surface area contributed by atoms with Crippen molar-refractivity contribution >= 4 is 46.7 Å². The molecular weight excluding hydrogens is 687 g/mol. The van der Waals surface area contributed by atoms with E-state index >= 15 is 0 Å². The summed E-state index contributed by atoms with van der Waals surface area (Å²) in [5.74, 6) is -3.78. The standard InChI is InChI=1S/C33H41FN8O10/c1-32(2,3)51-26(43)12-11-22(30(46)52-33(4,5)6)37-28(44)19-9-7-18(8-10-19)17-40(14-13-20-27(35)38-31(36)39-29(20)45)24-15-21(34)23(41(47)48)16-25(24)42(49)50/h7-10,15-16,22H,11-14,17H2,1-6H3,(H,37,44)(H5,35,36,38,39,45)/t22-/m0/s1. The van der Waals surface area contributed by atoms with Crippen LogP contribution in [0.2, 0.25) is 0 Å². The van der Waals surface area contributed by atoms with Gasteiger partial charge in [0.1, 0.15) is 28.7 Å². The molecular formula is C33H41FN8O10. The van der Waals surface area contributed by atoms with Crippen LogP contribution in [0.4, 0.5) is 33.2 Å². The second kappa shape index (κ2) is 16.3. The number of nitro groups is 2. The minimum atomic E-state index is -1.33. The molecule has 1 aromatic heterocycles. The summed E-state index contributed by atoms with van der Waals surface area (Å²) < 4.78 is 25.6. The lowest BCUT2D eigenvalue weighted by molar-refractivity contribution is -0.395. The zero-order valence-corrected chi connectivity index (χ0v) is 29.5. The number of carbonyl (C=O) groups excluding carboxylic acids is 3. The topological polar surface area (TPSA) is 269 Å². The summed E-state index contributed by atoms with van der Waals surface area (Å²) in [4.78, 5) is 79.9. The van der Waals surface area contributed by atoms with Crippen LogP contribution in [0, 0.1) is 26.0 Å². The Balaban J connectivity index is 1.91. The number of anilines is 3. The first kappa shape index (κ1) is 40.3. The van der Waals surface area contributed by atoms with Crippen molar-refractivity contribution in [1.82, 2.24) is 15.3 Å². The first-order chi connectivity index (χ1) is 24.0. The number of aromatic amines is 1. The Kier molecular flexibility index (Phi) is 12.6. The molecule has 0 bridgehead atoms. The molecule has 280 valence electrons. The van der Waals surface area contributed by atoms with Crippen LogP contribution in [0.3, 0.4) is 0 Å². The number of nitrogens with one attached hydrogen (secondary N) is 2. The molecule has 19 heteroatoms. The Morgan fingerprint density at radius 1 is 0.981 bits per heavy atom. The minimum Gasteiger partial charge on any atom is -0.460 e. The summed E-state index contributed by atoms with van der Waals surface area (Å²) in [6.07, 6.45) is -0.445. The van der Waals surface area contributed by atoms with Gasteiger partial charge in [-0.15, -0.1) is 0 Å². The molecule has 2 aromatic carbocycles. The Hall–Kier alpha value is -6.14. The zero-order chi connectivity index (χ0) is 39.1. The van der Waals surface area contributed by atoms with E-state index in [-0.39, 0.29) is 60.9 Å². The number of amides is 1. The van der Waals surface area contributed by atoms with Gasteiger partial charge in [0.25, 0.3) is 17.2 Å². The van der Waals surface area contributed by atoms with Gasteiger partial charge in [0.05, 0.1) is 21.5 Å². The van der Waals surface area contributed by atoms with E-state index < -0.39 is 67.7 Å². The van der Waals surface area contributed by atoms with Gasteiger partial charge < -0.3 is 31.2 Å². The summed E-state index contributed by atoms with van der Waals surface area (Å²) in [6.45, 7) is 9.68. The predicted octanol–water partition coefficient (Wildman–Crippen LogP) is 3.70. The number of nitrogens with zero attached hydrogens (tertiary/aromatic N) is 4. The largest absolute Gasteiger partial charge is 0.460 e. The van der Waals surface area contributed by atoms with Crippen molar-refractivity contribution in [2.24, 2.45) is 0 Å². The van der Waals surface area contributed by atoms with Crippen molar-refractivity contribution in [3.05, 3.63) is 89.5 Å². The van der Waals surface area contributed by atoms with Crippen molar-refractivity contribution in [1.29, 1.82) is 0 Å². The molecule has 18 nitrogen and oxygen atoms in total. The number of hydrogen-bond donors (Lipinski definition) is 4. The maximum atomic E-state index is 14.9. The Morgan fingerprint density at radius 2 is 1.58 bits per heavy atom. The number of ether oxygens (including phenoxy) is 2. The molecule has 0 saturated carbocycles. The maximum absolute atomic E-state index is 14.9. The first-order valence-electron chi connectivity index (χ1n) is 15.9. The van der Waals surface area contributed by atoms with Crippen molar-refractivity contribution in [2.45, 2.75) is 84.6 Å². The Labute approximate surface area is 297 Å². The first-order valence-corrected chi connectivity index (χ1v) is 15.9. The lowest BCUT2D eigenvalue weighted by Gasteiger charge is -2.25. The number of nitrogen functional groups attached to an aromatic ring is 2. The number of aromatic nitrogens is 2. The summed E-state index contributed by atoms with van der Waals surface area (Å²) in [6, 6.07) is 5.74. The highest BCUT2D eigenvalue weighted by molar-refractivity contribution is 5.97. The lowest BCUT2D eigenvalue weighted by Crippen LogP contribution is -2.44. The van der Waals surface area contributed by atoms with E-state index in [1.54, 1.807) is 41.5 Å². The van der Waals surface area contributed by atoms with Crippen molar-refractivity contribution < 1.29 is 38.1 Å². The maximum Gasteiger partial charge on any atom is 0.329 e. The number of halogens is 1. The van der Waals surface area contributed by atoms with E-state index in [0.29, 0.717) is 17.7 Å². The van der Waals surface area contributed by atoms with Crippen LogP contribution in [0.15, 0.2) is 41.2 Å². The zero-order valence-electron chi connectivity index (χ0n) is 29.5. The molecule has 0 saturated heterocycles. The Bertz CT molecular complexity index is 1900. The Morgan fingerprint density at radius 3 is 2.12 bits per heavy atom. The molecule has 52 heavy (non-hydrogen) atoms. The van der Waals surface area contributed by atoms with Crippen LogP contribution in [-0.4, -0.2) is 61.4 Å². The number of hydrogen-bond acceptors (Lipinski definition) is 14. The fraction of sp³-hybridized carbons (Fsp3) is 0.424. The van der Waals surface area contributed by atoms with Gasteiger partial charge >= 0.3 is 17.6 Å². The fourth-order valence-electron chi connectivity index (χ4n) is 4.89. The predicted molar refractivity (Wildman–Crippen MR) is 187 cm³/mol. The number of carbonyl (C=O) groups is 3. The fourth-order valence-corrected chi connectivity index (χ4v) is 4.89. The van der Waals surface area contributed by atoms with Crippen LogP contribution < -0.4 is 27.2 Å². The van der Waals surface area contributed by atoms with Crippen molar-refractivity contribution in [2.75, 3.05) is 22.9 Å². The lowest BCUT2D eigenvalue weighted by atomic mass is 10.1. The third-order valence-electron chi connectivity index (χ3n) is 7.12. The molecule has 3 aromatic rings. The van der Waals surface area contributed by atoms with Gasteiger partial charge in [-0.3, -0.25) is 39.6 Å². The van der Waals surface area contributed by atoms with Crippen LogP contribution in [-0.2, 0) is 32.0 Å². The molecule has 6 N–H and O–H groups in total. The third-order valence-corrected chi connectivity index (χ3v) is 7.12. The summed E-state index contributed by atoms with van der Waals surface area (Å²) in [7, 11) is 0. The quantitative estimate of drug-likeness (QED) is 0.105. The van der Waals surface area contributed by atoms with Gasteiger partial charge in [-0.2, -0.15) is 9.37 Å². The highest BCUT2D eigenvalue weighted by Gasteiger charge is 2.30. The number of nitrogens with two attached hydrogens (primary N) is 2. The van der Waals surface area contributed by atoms with E-state index in [9.17, 15) is 43.8 Å².